The summed E-state index contributed by atoms with van der Waals surface area (Å²) >= 11 is 0. The van der Waals surface area contributed by atoms with E-state index >= 15 is 0 Å². The average molecular weight is 821 g/mol. The van der Waals surface area contributed by atoms with Gasteiger partial charge >= 0.3 is 17.9 Å². The first-order valence-corrected chi connectivity index (χ1v) is 25.8. The molecule has 0 heterocycles. The molecule has 0 aromatic carbocycles. The summed E-state index contributed by atoms with van der Waals surface area (Å²) in [6.07, 6.45) is 45.2. The lowest BCUT2D eigenvalue weighted by atomic mass is 10.00. The highest BCUT2D eigenvalue weighted by Gasteiger charge is 2.19. The summed E-state index contributed by atoms with van der Waals surface area (Å²) in [7, 11) is 0. The largest absolute Gasteiger partial charge is 0.462 e. The molecule has 0 saturated heterocycles. The molecule has 1 unspecified atom stereocenters. The average Bonchev–Trinajstić information content (AvgIpc) is 3.21. The van der Waals surface area contributed by atoms with E-state index in [-0.39, 0.29) is 31.1 Å². The number of hydrogen-bond donors (Lipinski definition) is 0. The van der Waals surface area contributed by atoms with Crippen molar-refractivity contribution in [2.75, 3.05) is 13.2 Å². The van der Waals surface area contributed by atoms with Crippen LogP contribution in [-0.4, -0.2) is 37.2 Å². The Bertz CT molecular complexity index is 887. The molecule has 0 aromatic rings. The van der Waals surface area contributed by atoms with Gasteiger partial charge in [0.1, 0.15) is 13.2 Å². The van der Waals surface area contributed by atoms with E-state index in [2.05, 4.69) is 34.6 Å². The molecule has 6 nitrogen and oxygen atoms in total. The number of rotatable bonds is 46. The van der Waals surface area contributed by atoms with Crippen LogP contribution in [-0.2, 0) is 28.6 Å². The molecular formula is C52H100O6. The Hall–Kier alpha value is -1.59. The predicted molar refractivity (Wildman–Crippen MR) is 247 cm³/mol. The first-order chi connectivity index (χ1) is 28.3. The van der Waals surface area contributed by atoms with E-state index in [0.29, 0.717) is 19.3 Å². The molecule has 6 heteroatoms. The molecule has 0 amide bonds. The summed E-state index contributed by atoms with van der Waals surface area (Å²) in [4.78, 5) is 37.8. The lowest BCUT2D eigenvalue weighted by molar-refractivity contribution is -0.167. The second kappa shape index (κ2) is 44.9. The highest BCUT2D eigenvalue weighted by molar-refractivity contribution is 5.71. The number of esters is 3. The molecule has 0 spiro atoms. The maximum Gasteiger partial charge on any atom is 0.306 e. The fourth-order valence-corrected chi connectivity index (χ4v) is 7.78. The minimum absolute atomic E-state index is 0.0643. The second-order valence-corrected chi connectivity index (χ2v) is 18.5. The van der Waals surface area contributed by atoms with Gasteiger partial charge in [-0.1, -0.05) is 247 Å². The third-order valence-electron chi connectivity index (χ3n) is 12.1. The van der Waals surface area contributed by atoms with Gasteiger partial charge in [-0.3, -0.25) is 14.4 Å². The molecule has 0 bridgehead atoms. The quantitative estimate of drug-likeness (QED) is 0.0346. The zero-order chi connectivity index (χ0) is 42.6. The Kier molecular flexibility index (Phi) is 43.7. The molecule has 2 atom stereocenters. The van der Waals surface area contributed by atoms with E-state index in [1.165, 1.54) is 173 Å². The number of carbonyl (C=O) groups excluding carboxylic acids is 3. The molecule has 0 rings (SSSR count). The van der Waals surface area contributed by atoms with Gasteiger partial charge in [-0.2, -0.15) is 0 Å². The van der Waals surface area contributed by atoms with Crippen LogP contribution in [0.1, 0.15) is 285 Å². The van der Waals surface area contributed by atoms with Crippen molar-refractivity contribution < 1.29 is 28.6 Å². The lowest BCUT2D eigenvalue weighted by Gasteiger charge is -2.18. The van der Waals surface area contributed by atoms with Gasteiger partial charge in [-0.25, -0.2) is 0 Å². The Balaban J connectivity index is 4.23. The Morgan fingerprint density at radius 2 is 0.655 bits per heavy atom. The van der Waals surface area contributed by atoms with E-state index in [1.54, 1.807) is 0 Å². The van der Waals surface area contributed by atoms with Crippen LogP contribution in [0.2, 0.25) is 0 Å². The van der Waals surface area contributed by atoms with Crippen LogP contribution < -0.4 is 0 Å². The van der Waals surface area contributed by atoms with E-state index in [1.807, 2.05) is 0 Å². The Morgan fingerprint density at radius 1 is 0.362 bits per heavy atom. The van der Waals surface area contributed by atoms with Gasteiger partial charge in [0.05, 0.1) is 0 Å². The molecule has 0 aromatic heterocycles. The molecule has 0 saturated carbocycles. The summed E-state index contributed by atoms with van der Waals surface area (Å²) < 4.78 is 16.8. The van der Waals surface area contributed by atoms with Gasteiger partial charge in [-0.15, -0.1) is 0 Å². The predicted octanol–water partition coefficient (Wildman–Crippen LogP) is 16.5. The molecule has 0 aliphatic rings. The molecule has 0 fully saturated rings. The SMILES string of the molecule is CCCCCCCCCCCCCC(=O)O[C@@H](COC(=O)CCCCCCCCCCCCCCCCCCC(C)C)COC(=O)CCCCCCCCC(C)CC. The van der Waals surface area contributed by atoms with Crippen LogP contribution in [0.15, 0.2) is 0 Å². The van der Waals surface area contributed by atoms with Gasteiger partial charge in [0, 0.05) is 19.3 Å². The topological polar surface area (TPSA) is 78.9 Å². The van der Waals surface area contributed by atoms with Crippen molar-refractivity contribution in [2.45, 2.75) is 291 Å². The Labute approximate surface area is 361 Å². The molecule has 0 aliphatic heterocycles. The number of hydrogen-bond acceptors (Lipinski definition) is 6. The van der Waals surface area contributed by atoms with Crippen molar-refractivity contribution in [3.8, 4) is 0 Å². The first kappa shape index (κ1) is 56.4. The molecule has 58 heavy (non-hydrogen) atoms. The van der Waals surface area contributed by atoms with Crippen molar-refractivity contribution in [2.24, 2.45) is 11.8 Å². The maximum atomic E-state index is 12.7. The van der Waals surface area contributed by atoms with Crippen molar-refractivity contribution in [3.05, 3.63) is 0 Å². The van der Waals surface area contributed by atoms with Crippen molar-refractivity contribution in [1.29, 1.82) is 0 Å². The summed E-state index contributed by atoms with van der Waals surface area (Å²) in [5.74, 6) is 0.815. The van der Waals surface area contributed by atoms with Crippen molar-refractivity contribution >= 4 is 17.9 Å². The van der Waals surface area contributed by atoms with Gasteiger partial charge in [0.2, 0.25) is 0 Å². The Morgan fingerprint density at radius 3 is 0.983 bits per heavy atom. The van der Waals surface area contributed by atoms with Crippen LogP contribution >= 0.6 is 0 Å². The summed E-state index contributed by atoms with van der Waals surface area (Å²) in [5.41, 5.74) is 0. The fourth-order valence-electron chi connectivity index (χ4n) is 7.78. The molecule has 0 radical (unpaired) electrons. The number of ether oxygens (including phenoxy) is 3. The molecular weight excluding hydrogens is 721 g/mol. The minimum atomic E-state index is -0.761. The highest BCUT2D eigenvalue weighted by Crippen LogP contribution is 2.18. The van der Waals surface area contributed by atoms with E-state index in [4.69, 9.17) is 14.2 Å². The highest BCUT2D eigenvalue weighted by atomic mass is 16.6. The molecule has 0 N–H and O–H groups in total. The van der Waals surface area contributed by atoms with Gasteiger partial charge < -0.3 is 14.2 Å². The lowest BCUT2D eigenvalue weighted by Crippen LogP contribution is -2.30. The van der Waals surface area contributed by atoms with Crippen molar-refractivity contribution in [3.63, 3.8) is 0 Å². The van der Waals surface area contributed by atoms with Crippen LogP contribution in [0, 0.1) is 11.8 Å². The monoisotopic (exact) mass is 821 g/mol. The third kappa shape index (κ3) is 44.0. The second-order valence-electron chi connectivity index (χ2n) is 18.5. The van der Waals surface area contributed by atoms with E-state index in [0.717, 1.165) is 69.6 Å². The van der Waals surface area contributed by atoms with Crippen LogP contribution in [0.5, 0.6) is 0 Å². The van der Waals surface area contributed by atoms with Crippen LogP contribution in [0.3, 0.4) is 0 Å². The normalized spacial score (nSPS) is 12.5. The standard InChI is InChI=1S/C52H100O6/c1-6-8-9-10-11-12-19-24-27-34-39-44-52(55)58-49(46-57-51(54)43-38-33-29-28-31-36-41-48(5)7-2)45-56-50(53)42-37-32-26-23-21-18-16-14-13-15-17-20-22-25-30-35-40-47(3)4/h47-49H,6-46H2,1-5H3/t48?,49-/m0/s1. The van der Waals surface area contributed by atoms with Gasteiger partial charge in [-0.05, 0) is 31.1 Å². The minimum Gasteiger partial charge on any atom is -0.462 e. The molecule has 344 valence electrons. The summed E-state index contributed by atoms with van der Waals surface area (Å²) in [5, 5.41) is 0. The third-order valence-corrected chi connectivity index (χ3v) is 12.1. The summed E-state index contributed by atoms with van der Waals surface area (Å²) in [6.45, 7) is 11.4. The number of carbonyl (C=O) groups is 3. The van der Waals surface area contributed by atoms with Gasteiger partial charge in [0.15, 0.2) is 6.10 Å². The number of unbranched alkanes of at least 4 members (excludes halogenated alkanes) is 30. The van der Waals surface area contributed by atoms with E-state index < -0.39 is 6.10 Å². The van der Waals surface area contributed by atoms with Crippen molar-refractivity contribution in [1.82, 2.24) is 0 Å². The zero-order valence-corrected chi connectivity index (χ0v) is 39.7. The first-order valence-electron chi connectivity index (χ1n) is 25.8. The van der Waals surface area contributed by atoms with E-state index in [9.17, 15) is 14.4 Å². The molecule has 0 aliphatic carbocycles. The fraction of sp³-hybridized carbons (Fsp3) is 0.942. The van der Waals surface area contributed by atoms with Gasteiger partial charge in [0.25, 0.3) is 0 Å². The zero-order valence-electron chi connectivity index (χ0n) is 39.7. The van der Waals surface area contributed by atoms with Crippen LogP contribution in [0.4, 0.5) is 0 Å². The summed E-state index contributed by atoms with van der Waals surface area (Å²) in [6, 6.07) is 0. The smallest absolute Gasteiger partial charge is 0.306 e. The maximum absolute atomic E-state index is 12.7. The van der Waals surface area contributed by atoms with Crippen LogP contribution in [0.25, 0.3) is 0 Å².